The maximum atomic E-state index is 10.1. The quantitative estimate of drug-likeness (QED) is 0.397. The minimum Gasteiger partial charge on any atom is -0.286 e. The molecule has 54 valence electrons. The van der Waals surface area contributed by atoms with Crippen molar-refractivity contribution in [3.05, 3.63) is 0 Å². The summed E-state index contributed by atoms with van der Waals surface area (Å²) in [5, 5.41) is -0.0620. The number of carbonyl (C=O) groups excluding carboxylic acids is 1. The van der Waals surface area contributed by atoms with Gasteiger partial charge >= 0.3 is 5.37 Å². The van der Waals surface area contributed by atoms with Gasteiger partial charge in [-0.05, 0) is 30.0 Å². The van der Waals surface area contributed by atoms with Gasteiger partial charge in [0.15, 0.2) is 0 Å². The molecule has 1 atom stereocenters. The van der Waals surface area contributed by atoms with E-state index in [0.29, 0.717) is 5.25 Å². The summed E-state index contributed by atoms with van der Waals surface area (Å²) in [6.07, 6.45) is 1.03. The summed E-state index contributed by atoms with van der Waals surface area (Å²) in [6, 6.07) is 0. The first-order chi connectivity index (χ1) is 4.16. The zero-order chi connectivity index (χ0) is 7.28. The molecule has 9 heavy (non-hydrogen) atoms. The van der Waals surface area contributed by atoms with E-state index in [9.17, 15) is 4.79 Å². The summed E-state index contributed by atoms with van der Waals surface area (Å²) >= 11 is 6.36. The Bertz CT molecular complexity index is 99.0. The Morgan fingerprint density at radius 3 is 2.78 bits per heavy atom. The second kappa shape index (κ2) is 4.94. The molecule has 1 amide bonds. The number of nitrogens with one attached hydrogen (secondary N) is 1. The van der Waals surface area contributed by atoms with E-state index >= 15 is 0 Å². The van der Waals surface area contributed by atoms with E-state index < -0.39 is 5.37 Å². The van der Waals surface area contributed by atoms with Gasteiger partial charge in [-0.3, -0.25) is 9.52 Å². The van der Waals surface area contributed by atoms with Gasteiger partial charge in [0.1, 0.15) is 0 Å². The lowest BCUT2D eigenvalue weighted by atomic mass is 10.4. The summed E-state index contributed by atoms with van der Waals surface area (Å²) in [5.41, 5.74) is 0. The van der Waals surface area contributed by atoms with Crippen molar-refractivity contribution in [3.63, 3.8) is 0 Å². The van der Waals surface area contributed by atoms with Crippen molar-refractivity contribution in [2.45, 2.75) is 25.5 Å². The number of carbonyl (C=O) groups is 1. The fraction of sp³-hybridized carbons (Fsp3) is 0.800. The van der Waals surface area contributed by atoms with Crippen molar-refractivity contribution in [2.24, 2.45) is 0 Å². The summed E-state index contributed by atoms with van der Waals surface area (Å²) in [5.74, 6) is 0. The third kappa shape index (κ3) is 5.99. The normalized spacial score (nSPS) is 12.8. The molecule has 0 saturated heterocycles. The monoisotopic (exact) mass is 167 g/mol. The van der Waals surface area contributed by atoms with E-state index in [1.165, 1.54) is 11.9 Å². The molecule has 0 bridgehead atoms. The average molecular weight is 168 g/mol. The van der Waals surface area contributed by atoms with Crippen LogP contribution in [0, 0.1) is 0 Å². The molecule has 0 aliphatic rings. The van der Waals surface area contributed by atoms with E-state index in [-0.39, 0.29) is 0 Å². The van der Waals surface area contributed by atoms with Crippen molar-refractivity contribution in [1.82, 2.24) is 4.72 Å². The lowest BCUT2D eigenvalue weighted by Gasteiger charge is -2.04. The molecule has 0 aromatic heterocycles. The van der Waals surface area contributed by atoms with Gasteiger partial charge in [0, 0.05) is 5.25 Å². The van der Waals surface area contributed by atoms with E-state index in [1.54, 1.807) is 0 Å². The highest BCUT2D eigenvalue weighted by molar-refractivity contribution is 7.98. The molecule has 0 aromatic rings. The molecule has 1 unspecified atom stereocenters. The number of hydrogen-bond acceptors (Lipinski definition) is 2. The summed E-state index contributed by atoms with van der Waals surface area (Å²) in [7, 11) is 0. The van der Waals surface area contributed by atoms with E-state index in [4.69, 9.17) is 11.6 Å². The Morgan fingerprint density at radius 2 is 2.44 bits per heavy atom. The van der Waals surface area contributed by atoms with Gasteiger partial charge in [-0.15, -0.1) is 0 Å². The van der Waals surface area contributed by atoms with E-state index in [2.05, 4.69) is 11.6 Å². The number of halogens is 1. The third-order valence-electron chi connectivity index (χ3n) is 0.915. The van der Waals surface area contributed by atoms with Gasteiger partial charge in [0.05, 0.1) is 0 Å². The molecule has 1 N–H and O–H groups in total. The average Bonchev–Trinajstić information content (AvgIpc) is 1.83. The lowest BCUT2D eigenvalue weighted by Crippen LogP contribution is -2.10. The molecule has 2 nitrogen and oxygen atoms in total. The third-order valence-corrected chi connectivity index (χ3v) is 2.16. The molecule has 0 aliphatic heterocycles. The predicted molar refractivity (Wildman–Crippen MR) is 41.7 cm³/mol. The molecule has 0 aliphatic carbocycles. The Balaban J connectivity index is 3.16. The van der Waals surface area contributed by atoms with Crippen LogP contribution in [0.25, 0.3) is 0 Å². The number of rotatable bonds is 3. The second-order valence-electron chi connectivity index (χ2n) is 1.71. The standard InChI is InChI=1S/C5H10ClNOS/c1-3-4(2)9-7-5(6)8/h4H,3H2,1-2H3,(H,7,8). The minimum atomic E-state index is -0.500. The maximum Gasteiger partial charge on any atom is 0.323 e. The van der Waals surface area contributed by atoms with Crippen molar-refractivity contribution in [2.75, 3.05) is 0 Å². The largest absolute Gasteiger partial charge is 0.323 e. The summed E-state index contributed by atoms with van der Waals surface area (Å²) in [4.78, 5) is 10.1. The van der Waals surface area contributed by atoms with E-state index in [0.717, 1.165) is 6.42 Å². The van der Waals surface area contributed by atoms with E-state index in [1.807, 2.05) is 6.92 Å². The van der Waals surface area contributed by atoms with Gasteiger partial charge in [-0.25, -0.2) is 0 Å². The van der Waals surface area contributed by atoms with Crippen molar-refractivity contribution in [3.8, 4) is 0 Å². The molecule has 0 fully saturated rings. The first kappa shape index (κ1) is 9.11. The highest BCUT2D eigenvalue weighted by atomic mass is 35.5. The fourth-order valence-corrected chi connectivity index (χ4v) is 0.824. The van der Waals surface area contributed by atoms with Crippen LogP contribution in [0.3, 0.4) is 0 Å². The highest BCUT2D eigenvalue weighted by Gasteiger charge is 1.99. The number of hydrogen-bond donors (Lipinski definition) is 1. The maximum absolute atomic E-state index is 10.1. The second-order valence-corrected chi connectivity index (χ2v) is 3.30. The van der Waals surface area contributed by atoms with Crippen LogP contribution in [0.2, 0.25) is 0 Å². The van der Waals surface area contributed by atoms with Crippen LogP contribution in [0.1, 0.15) is 20.3 Å². The van der Waals surface area contributed by atoms with Crippen molar-refractivity contribution in [1.29, 1.82) is 0 Å². The first-order valence-corrected chi connectivity index (χ1v) is 4.03. The van der Waals surface area contributed by atoms with Crippen LogP contribution in [0.15, 0.2) is 0 Å². The molecular formula is C5H10ClNOS. The van der Waals surface area contributed by atoms with Gasteiger partial charge in [-0.2, -0.15) is 0 Å². The van der Waals surface area contributed by atoms with Crippen LogP contribution >= 0.6 is 23.5 Å². The van der Waals surface area contributed by atoms with Crippen LogP contribution in [-0.2, 0) is 0 Å². The van der Waals surface area contributed by atoms with Crippen LogP contribution in [0.4, 0.5) is 4.79 Å². The smallest absolute Gasteiger partial charge is 0.286 e. The summed E-state index contributed by atoms with van der Waals surface area (Å²) in [6.45, 7) is 4.08. The molecule has 0 aromatic carbocycles. The van der Waals surface area contributed by atoms with Crippen molar-refractivity contribution >= 4 is 28.9 Å². The fourth-order valence-electron chi connectivity index (χ4n) is 0.230. The van der Waals surface area contributed by atoms with Crippen LogP contribution in [-0.4, -0.2) is 10.6 Å². The molecule has 0 spiro atoms. The SMILES string of the molecule is CCC(C)SNC(=O)Cl. The molecule has 0 heterocycles. The Labute approximate surface area is 64.5 Å². The summed E-state index contributed by atoms with van der Waals surface area (Å²) < 4.78 is 2.44. The van der Waals surface area contributed by atoms with Gasteiger partial charge in [-0.1, -0.05) is 13.8 Å². The van der Waals surface area contributed by atoms with Crippen LogP contribution in [0.5, 0.6) is 0 Å². The first-order valence-electron chi connectivity index (χ1n) is 2.78. The topological polar surface area (TPSA) is 29.1 Å². The Hall–Kier alpha value is 0.110. The van der Waals surface area contributed by atoms with Gasteiger partial charge in [0.25, 0.3) is 0 Å². The van der Waals surface area contributed by atoms with Crippen LogP contribution < -0.4 is 4.72 Å². The molecule has 0 rings (SSSR count). The zero-order valence-electron chi connectivity index (χ0n) is 5.48. The zero-order valence-corrected chi connectivity index (χ0v) is 7.05. The van der Waals surface area contributed by atoms with Gasteiger partial charge in [0.2, 0.25) is 0 Å². The highest BCUT2D eigenvalue weighted by Crippen LogP contribution is 2.08. The number of amides is 1. The Morgan fingerprint density at radius 1 is 1.89 bits per heavy atom. The Kier molecular flexibility index (Phi) is 5.00. The molecule has 0 saturated carbocycles. The lowest BCUT2D eigenvalue weighted by molar-refractivity contribution is 0.264. The predicted octanol–water partition coefficient (Wildman–Crippen LogP) is 2.38. The molecule has 4 heteroatoms. The van der Waals surface area contributed by atoms with Crippen molar-refractivity contribution < 1.29 is 4.79 Å². The van der Waals surface area contributed by atoms with Gasteiger partial charge < -0.3 is 0 Å². The minimum absolute atomic E-state index is 0.438. The molecular weight excluding hydrogens is 158 g/mol. The molecule has 0 radical (unpaired) electrons.